The fourth-order valence-corrected chi connectivity index (χ4v) is 2.75. The predicted octanol–water partition coefficient (Wildman–Crippen LogP) is 3.91. The van der Waals surface area contributed by atoms with Gasteiger partial charge < -0.3 is 9.31 Å². The molecular formula is C15H18BClO2. The van der Waals surface area contributed by atoms with Crippen molar-refractivity contribution in [2.75, 3.05) is 0 Å². The van der Waals surface area contributed by atoms with E-state index >= 15 is 0 Å². The monoisotopic (exact) mass is 276 g/mol. The van der Waals surface area contributed by atoms with Gasteiger partial charge in [-0.2, -0.15) is 0 Å². The number of hydrogen-bond acceptors (Lipinski definition) is 2. The highest BCUT2D eigenvalue weighted by Gasteiger charge is 2.52. The molecule has 2 aliphatic rings. The number of benzene rings is 1. The Kier molecular flexibility index (Phi) is 2.86. The Balaban J connectivity index is 1.89. The van der Waals surface area contributed by atoms with Crippen molar-refractivity contribution < 1.29 is 9.31 Å². The number of fused-ring (bicyclic) bond motifs is 1. The molecule has 1 aromatic rings. The third-order valence-electron chi connectivity index (χ3n) is 4.42. The highest BCUT2D eigenvalue weighted by Crippen LogP contribution is 2.41. The summed E-state index contributed by atoms with van der Waals surface area (Å²) < 4.78 is 12.2. The zero-order valence-corrected chi connectivity index (χ0v) is 12.5. The first kappa shape index (κ1) is 13.2. The van der Waals surface area contributed by atoms with E-state index in [2.05, 4.69) is 39.8 Å². The van der Waals surface area contributed by atoms with Gasteiger partial charge in [0.2, 0.25) is 0 Å². The molecule has 4 heteroatoms. The zero-order chi connectivity index (χ0) is 13.8. The maximum absolute atomic E-state index is 6.23. The van der Waals surface area contributed by atoms with E-state index in [0.29, 0.717) is 0 Å². The minimum absolute atomic E-state index is 0.270. The van der Waals surface area contributed by atoms with Crippen LogP contribution >= 0.6 is 11.6 Å². The first-order valence-corrected chi connectivity index (χ1v) is 7.01. The van der Waals surface area contributed by atoms with Crippen LogP contribution in [0, 0.1) is 0 Å². The van der Waals surface area contributed by atoms with E-state index in [-0.39, 0.29) is 18.3 Å². The molecule has 3 rings (SSSR count). The Morgan fingerprint density at radius 1 is 1.11 bits per heavy atom. The van der Waals surface area contributed by atoms with Crippen molar-refractivity contribution in [1.82, 2.24) is 0 Å². The standard InChI is InChI=1S/C15H18BClO2/c1-14(2)15(3,4)19-16(18-14)11-8-10-6-5-7-13(17)12(10)9-11/h5-7,9H,8H2,1-4H3. The molecule has 0 bridgehead atoms. The summed E-state index contributed by atoms with van der Waals surface area (Å²) in [6.45, 7) is 8.29. The van der Waals surface area contributed by atoms with Gasteiger partial charge in [0, 0.05) is 5.02 Å². The first-order valence-electron chi connectivity index (χ1n) is 6.64. The van der Waals surface area contributed by atoms with Crippen LogP contribution < -0.4 is 0 Å². The fourth-order valence-electron chi connectivity index (χ4n) is 2.50. The van der Waals surface area contributed by atoms with Gasteiger partial charge in [0.1, 0.15) is 0 Å². The lowest BCUT2D eigenvalue weighted by Gasteiger charge is -2.32. The SMILES string of the molecule is CC1(C)OB(C2=Cc3c(Cl)cccc3C2)OC1(C)C. The van der Waals surface area contributed by atoms with E-state index in [1.54, 1.807) is 0 Å². The van der Waals surface area contributed by atoms with Gasteiger partial charge in [-0.3, -0.25) is 0 Å². The molecule has 1 aromatic carbocycles. The van der Waals surface area contributed by atoms with E-state index in [4.69, 9.17) is 20.9 Å². The van der Waals surface area contributed by atoms with Crippen LogP contribution in [0.3, 0.4) is 0 Å². The van der Waals surface area contributed by atoms with Crippen LogP contribution in [-0.2, 0) is 15.7 Å². The molecule has 1 heterocycles. The summed E-state index contributed by atoms with van der Waals surface area (Å²) in [5.41, 5.74) is 2.92. The van der Waals surface area contributed by atoms with Gasteiger partial charge in [-0.15, -0.1) is 0 Å². The van der Waals surface area contributed by atoms with Crippen LogP contribution in [0.25, 0.3) is 6.08 Å². The van der Waals surface area contributed by atoms with Crippen molar-refractivity contribution in [1.29, 1.82) is 0 Å². The second kappa shape index (κ2) is 4.11. The van der Waals surface area contributed by atoms with Crippen molar-refractivity contribution >= 4 is 24.8 Å². The molecule has 0 amide bonds. The zero-order valence-electron chi connectivity index (χ0n) is 11.8. The first-order chi connectivity index (χ1) is 8.80. The van der Waals surface area contributed by atoms with E-state index in [1.807, 2.05) is 12.1 Å². The lowest BCUT2D eigenvalue weighted by molar-refractivity contribution is 0.00578. The molecule has 0 atom stereocenters. The smallest absolute Gasteiger partial charge is 0.400 e. The number of hydrogen-bond donors (Lipinski definition) is 0. The maximum Gasteiger partial charge on any atom is 0.490 e. The number of halogens is 1. The normalized spacial score (nSPS) is 23.4. The summed E-state index contributed by atoms with van der Waals surface area (Å²) in [7, 11) is -0.270. The molecule has 0 unspecified atom stereocenters. The summed E-state index contributed by atoms with van der Waals surface area (Å²) >= 11 is 6.23. The molecule has 2 nitrogen and oxygen atoms in total. The predicted molar refractivity (Wildman–Crippen MR) is 79.2 cm³/mol. The Morgan fingerprint density at radius 3 is 2.32 bits per heavy atom. The third-order valence-corrected chi connectivity index (χ3v) is 4.75. The minimum Gasteiger partial charge on any atom is -0.400 e. The van der Waals surface area contributed by atoms with Gasteiger partial charge in [-0.1, -0.05) is 29.8 Å². The highest BCUT2D eigenvalue weighted by atomic mass is 35.5. The molecular weight excluding hydrogens is 258 g/mol. The largest absolute Gasteiger partial charge is 0.490 e. The molecule has 1 saturated heterocycles. The van der Waals surface area contributed by atoms with Crippen LogP contribution in [0.4, 0.5) is 0 Å². The molecule has 0 aromatic heterocycles. The van der Waals surface area contributed by atoms with Crippen molar-refractivity contribution in [3.63, 3.8) is 0 Å². The van der Waals surface area contributed by atoms with Gasteiger partial charge in [-0.25, -0.2) is 0 Å². The van der Waals surface area contributed by atoms with Crippen molar-refractivity contribution in [2.24, 2.45) is 0 Å². The molecule has 1 aliphatic heterocycles. The quantitative estimate of drug-likeness (QED) is 0.724. The van der Waals surface area contributed by atoms with Gasteiger partial charge in [0.05, 0.1) is 11.2 Å². The van der Waals surface area contributed by atoms with Gasteiger partial charge in [-0.05, 0) is 56.8 Å². The lowest BCUT2D eigenvalue weighted by Crippen LogP contribution is -2.41. The summed E-state index contributed by atoms with van der Waals surface area (Å²) in [6.07, 6.45) is 2.96. The number of rotatable bonds is 1. The number of allylic oxidation sites excluding steroid dienone is 1. The Labute approximate surface area is 119 Å². The van der Waals surface area contributed by atoms with Crippen LogP contribution in [0.1, 0.15) is 38.8 Å². The summed E-state index contributed by atoms with van der Waals surface area (Å²) in [5.74, 6) is 0. The van der Waals surface area contributed by atoms with E-state index in [9.17, 15) is 0 Å². The summed E-state index contributed by atoms with van der Waals surface area (Å²) in [4.78, 5) is 0. The Morgan fingerprint density at radius 2 is 1.74 bits per heavy atom. The maximum atomic E-state index is 6.23. The van der Waals surface area contributed by atoms with Gasteiger partial charge >= 0.3 is 7.12 Å². The minimum atomic E-state index is -0.295. The lowest BCUT2D eigenvalue weighted by atomic mass is 9.77. The van der Waals surface area contributed by atoms with E-state index in [1.165, 1.54) is 5.56 Å². The van der Waals surface area contributed by atoms with Gasteiger partial charge in [0.25, 0.3) is 0 Å². The summed E-state index contributed by atoms with van der Waals surface area (Å²) in [6, 6.07) is 6.02. The van der Waals surface area contributed by atoms with Crippen LogP contribution in [0.5, 0.6) is 0 Å². The molecule has 100 valence electrons. The molecule has 0 N–H and O–H groups in total. The van der Waals surface area contributed by atoms with E-state index < -0.39 is 0 Å². The van der Waals surface area contributed by atoms with Crippen molar-refractivity contribution in [3.8, 4) is 0 Å². The second-order valence-electron chi connectivity index (χ2n) is 6.30. The van der Waals surface area contributed by atoms with Crippen molar-refractivity contribution in [3.05, 3.63) is 39.8 Å². The van der Waals surface area contributed by atoms with Crippen LogP contribution in [0.15, 0.2) is 23.7 Å². The Hall–Kier alpha value is -0.765. The van der Waals surface area contributed by atoms with Crippen molar-refractivity contribution in [2.45, 2.75) is 45.3 Å². The second-order valence-corrected chi connectivity index (χ2v) is 6.70. The molecule has 0 saturated carbocycles. The molecule has 19 heavy (non-hydrogen) atoms. The average Bonchev–Trinajstić information content (AvgIpc) is 2.80. The van der Waals surface area contributed by atoms with Gasteiger partial charge in [0.15, 0.2) is 0 Å². The molecule has 1 aliphatic carbocycles. The Bertz CT molecular complexity index is 547. The van der Waals surface area contributed by atoms with Crippen LogP contribution in [-0.4, -0.2) is 18.3 Å². The summed E-state index contributed by atoms with van der Waals surface area (Å²) in [5, 5.41) is 0.795. The highest BCUT2D eigenvalue weighted by molar-refractivity contribution is 6.56. The van der Waals surface area contributed by atoms with Crippen LogP contribution in [0.2, 0.25) is 5.02 Å². The molecule has 1 fully saturated rings. The molecule has 0 radical (unpaired) electrons. The average molecular weight is 277 g/mol. The molecule has 0 spiro atoms. The third kappa shape index (κ3) is 2.04. The van der Waals surface area contributed by atoms with E-state index in [0.717, 1.165) is 22.5 Å². The topological polar surface area (TPSA) is 18.5 Å². The fraction of sp³-hybridized carbons (Fsp3) is 0.467.